The van der Waals surface area contributed by atoms with Gasteiger partial charge in [0.1, 0.15) is 11.5 Å². The first kappa shape index (κ1) is 14.8. The van der Waals surface area contributed by atoms with E-state index >= 15 is 0 Å². The minimum atomic E-state index is -0.375. The molecule has 6 heteroatoms. The summed E-state index contributed by atoms with van der Waals surface area (Å²) in [6.45, 7) is 0.605. The van der Waals surface area contributed by atoms with Crippen molar-refractivity contribution in [1.29, 1.82) is 0 Å². The minimum Gasteiger partial charge on any atom is -0.508 e. The molecular weight excluding hydrogens is 276 g/mol. The predicted molar refractivity (Wildman–Crippen MR) is 81.1 cm³/mol. The number of carbonyl (C=O) groups is 1. The van der Waals surface area contributed by atoms with E-state index in [1.807, 2.05) is 0 Å². The summed E-state index contributed by atoms with van der Waals surface area (Å²) >= 11 is 4.21. The molecule has 1 aromatic carbocycles. The lowest BCUT2D eigenvalue weighted by Gasteiger charge is -2.26. The highest BCUT2D eigenvalue weighted by Gasteiger charge is 2.19. The van der Waals surface area contributed by atoms with Crippen molar-refractivity contribution < 1.29 is 15.0 Å². The first-order chi connectivity index (χ1) is 9.56. The van der Waals surface area contributed by atoms with Gasteiger partial charge >= 0.3 is 6.03 Å². The van der Waals surface area contributed by atoms with Gasteiger partial charge < -0.3 is 15.5 Å². The van der Waals surface area contributed by atoms with Crippen LogP contribution in [0, 0.1) is 5.92 Å². The molecule has 0 atom stereocenters. The first-order valence-corrected chi connectivity index (χ1v) is 7.25. The Bertz CT molecular complexity index is 475. The zero-order valence-electron chi connectivity index (χ0n) is 11.2. The number of aromatic hydroxyl groups is 2. The van der Waals surface area contributed by atoms with E-state index in [1.54, 1.807) is 0 Å². The molecule has 2 amide bonds. The van der Waals surface area contributed by atoms with Crippen molar-refractivity contribution in [2.45, 2.75) is 32.1 Å². The molecule has 0 radical (unpaired) electrons. The average molecular weight is 296 g/mol. The fourth-order valence-corrected chi connectivity index (χ4v) is 2.78. The lowest BCUT2D eigenvalue weighted by molar-refractivity contribution is 0.228. The maximum absolute atomic E-state index is 12.0. The van der Waals surface area contributed by atoms with Crippen molar-refractivity contribution in [3.05, 3.63) is 18.2 Å². The summed E-state index contributed by atoms with van der Waals surface area (Å²) in [5.41, 5.74) is 0.260. The third-order valence-electron chi connectivity index (χ3n) is 3.61. The number of hydrogen-bond acceptors (Lipinski definition) is 4. The van der Waals surface area contributed by atoms with Crippen LogP contribution in [0.2, 0.25) is 0 Å². The summed E-state index contributed by atoms with van der Waals surface area (Å²) in [7, 11) is 0. The standard InChI is InChI=1S/C14H20N2O3S/c17-11-6-7-12(13(18)8-11)15-14(19)16(20)9-10-4-2-1-3-5-10/h6-8,10,17-18,20H,1-5,9H2,(H,15,19). The highest BCUT2D eigenvalue weighted by molar-refractivity contribution is 7.78. The fraction of sp³-hybridized carbons (Fsp3) is 0.500. The van der Waals surface area contributed by atoms with Crippen LogP contribution in [-0.4, -0.2) is 27.1 Å². The summed E-state index contributed by atoms with van der Waals surface area (Å²) in [6.07, 6.45) is 5.97. The average Bonchev–Trinajstić information content (AvgIpc) is 2.43. The quantitative estimate of drug-likeness (QED) is 0.392. The van der Waals surface area contributed by atoms with Crippen molar-refractivity contribution in [2.75, 3.05) is 11.9 Å². The highest BCUT2D eigenvalue weighted by atomic mass is 32.1. The second-order valence-electron chi connectivity index (χ2n) is 5.22. The zero-order valence-corrected chi connectivity index (χ0v) is 12.1. The molecule has 20 heavy (non-hydrogen) atoms. The van der Waals surface area contributed by atoms with Crippen LogP contribution in [0.3, 0.4) is 0 Å². The Morgan fingerprint density at radius 1 is 1.30 bits per heavy atom. The molecule has 110 valence electrons. The van der Waals surface area contributed by atoms with Gasteiger partial charge in [-0.3, -0.25) is 4.31 Å². The van der Waals surface area contributed by atoms with Gasteiger partial charge in [0.2, 0.25) is 0 Å². The van der Waals surface area contributed by atoms with Gasteiger partial charge in [0.25, 0.3) is 0 Å². The monoisotopic (exact) mass is 296 g/mol. The molecule has 0 unspecified atom stereocenters. The van der Waals surface area contributed by atoms with Crippen molar-refractivity contribution in [2.24, 2.45) is 5.92 Å². The Labute approximate surface area is 124 Å². The number of thiol groups is 1. The third kappa shape index (κ3) is 3.96. The number of hydrogen-bond donors (Lipinski definition) is 4. The smallest absolute Gasteiger partial charge is 0.331 e. The van der Waals surface area contributed by atoms with Gasteiger partial charge in [0.15, 0.2) is 0 Å². The molecule has 1 aliphatic carbocycles. The van der Waals surface area contributed by atoms with Crippen LogP contribution >= 0.6 is 12.8 Å². The fourth-order valence-electron chi connectivity index (χ4n) is 2.50. The minimum absolute atomic E-state index is 0.0505. The number of benzene rings is 1. The molecule has 0 spiro atoms. The van der Waals surface area contributed by atoms with E-state index in [-0.39, 0.29) is 23.2 Å². The zero-order chi connectivity index (χ0) is 14.5. The Morgan fingerprint density at radius 3 is 2.65 bits per heavy atom. The number of nitrogens with zero attached hydrogens (tertiary/aromatic N) is 1. The molecular formula is C14H20N2O3S. The summed E-state index contributed by atoms with van der Waals surface area (Å²) in [6, 6.07) is 3.66. The second kappa shape index (κ2) is 6.74. The van der Waals surface area contributed by atoms with Crippen LogP contribution in [0.5, 0.6) is 11.5 Å². The largest absolute Gasteiger partial charge is 0.508 e. The SMILES string of the molecule is O=C(Nc1ccc(O)cc1O)N(S)CC1CCCCC1. The van der Waals surface area contributed by atoms with Gasteiger partial charge in [-0.1, -0.05) is 32.1 Å². The first-order valence-electron chi connectivity index (χ1n) is 6.85. The van der Waals surface area contributed by atoms with Crippen LogP contribution in [0.15, 0.2) is 18.2 Å². The number of anilines is 1. The number of phenolic OH excluding ortho intramolecular Hbond substituents is 2. The lowest BCUT2D eigenvalue weighted by atomic mass is 9.89. The topological polar surface area (TPSA) is 72.8 Å². The van der Waals surface area contributed by atoms with E-state index in [0.29, 0.717) is 12.5 Å². The van der Waals surface area contributed by atoms with Crippen molar-refractivity contribution >= 4 is 24.5 Å². The summed E-state index contributed by atoms with van der Waals surface area (Å²) < 4.78 is 1.35. The Morgan fingerprint density at radius 2 is 2.00 bits per heavy atom. The number of urea groups is 1. The van der Waals surface area contributed by atoms with Gasteiger partial charge in [-0.25, -0.2) is 4.79 Å². The Kier molecular flexibility index (Phi) is 5.00. The molecule has 0 aromatic heterocycles. The van der Waals surface area contributed by atoms with E-state index in [1.165, 1.54) is 41.8 Å². The van der Waals surface area contributed by atoms with Crippen LogP contribution in [0.25, 0.3) is 0 Å². The number of nitrogens with one attached hydrogen (secondary N) is 1. The molecule has 0 bridgehead atoms. The molecule has 0 saturated heterocycles. The van der Waals surface area contributed by atoms with E-state index in [2.05, 4.69) is 18.1 Å². The van der Waals surface area contributed by atoms with Crippen molar-refractivity contribution in [1.82, 2.24) is 4.31 Å². The van der Waals surface area contributed by atoms with Gasteiger partial charge in [0.05, 0.1) is 5.69 Å². The molecule has 2 rings (SSSR count). The molecule has 1 aliphatic rings. The number of carbonyl (C=O) groups excluding carboxylic acids is 1. The van der Waals surface area contributed by atoms with E-state index in [4.69, 9.17) is 0 Å². The maximum Gasteiger partial charge on any atom is 0.331 e. The van der Waals surface area contributed by atoms with Crippen molar-refractivity contribution in [3.8, 4) is 11.5 Å². The van der Waals surface area contributed by atoms with Crippen molar-refractivity contribution in [3.63, 3.8) is 0 Å². The predicted octanol–water partition coefficient (Wildman–Crippen LogP) is 3.36. The van der Waals surface area contributed by atoms with Gasteiger partial charge in [-0.2, -0.15) is 0 Å². The summed E-state index contributed by atoms with van der Waals surface area (Å²) in [5, 5.41) is 21.4. The molecule has 1 fully saturated rings. The van der Waals surface area contributed by atoms with Gasteiger partial charge in [-0.15, -0.1) is 0 Å². The molecule has 3 N–H and O–H groups in total. The summed E-state index contributed by atoms with van der Waals surface area (Å²) in [5.74, 6) is 0.281. The normalized spacial score (nSPS) is 15.8. The molecule has 0 heterocycles. The molecule has 1 saturated carbocycles. The van der Waals surface area contributed by atoms with Crippen LogP contribution in [-0.2, 0) is 0 Å². The number of rotatable bonds is 3. The van der Waals surface area contributed by atoms with Gasteiger partial charge in [0, 0.05) is 12.6 Å². The van der Waals surface area contributed by atoms with E-state index in [9.17, 15) is 15.0 Å². The van der Waals surface area contributed by atoms with Crippen LogP contribution in [0.4, 0.5) is 10.5 Å². The highest BCUT2D eigenvalue weighted by Crippen LogP contribution is 2.28. The molecule has 0 aliphatic heterocycles. The molecule has 5 nitrogen and oxygen atoms in total. The number of phenols is 2. The van der Waals surface area contributed by atoms with E-state index < -0.39 is 0 Å². The van der Waals surface area contributed by atoms with E-state index in [0.717, 1.165) is 12.8 Å². The van der Waals surface area contributed by atoms with Crippen LogP contribution in [0.1, 0.15) is 32.1 Å². The van der Waals surface area contributed by atoms with Gasteiger partial charge in [-0.05, 0) is 30.9 Å². The maximum atomic E-state index is 12.0. The van der Waals surface area contributed by atoms with Crippen LogP contribution < -0.4 is 5.32 Å². The molecule has 1 aromatic rings. The Hall–Kier alpha value is -1.56. The third-order valence-corrected chi connectivity index (χ3v) is 3.96. The summed E-state index contributed by atoms with van der Waals surface area (Å²) in [4.78, 5) is 12.0. The number of amides is 2. The lowest BCUT2D eigenvalue weighted by Crippen LogP contribution is -2.32. The Balaban J connectivity index is 1.89. The second-order valence-corrected chi connectivity index (χ2v) is 5.70.